The van der Waals surface area contributed by atoms with Gasteiger partial charge in [0.05, 0.1) is 15.8 Å². The highest BCUT2D eigenvalue weighted by Crippen LogP contribution is 2.27. The fraction of sp³-hybridized carbons (Fsp3) is 0. The fourth-order valence-electron chi connectivity index (χ4n) is 3.59. The number of anilines is 2. The number of nitrogens with one attached hydrogen (secondary N) is 2. The molecule has 0 saturated heterocycles. The zero-order valence-electron chi connectivity index (χ0n) is 18.2. The number of aromatic amines is 1. The molecule has 0 saturated carbocycles. The molecule has 5 aromatic rings. The largest absolute Gasteiger partial charge is 0.457 e. The van der Waals surface area contributed by atoms with E-state index in [2.05, 4.69) is 19.7 Å². The van der Waals surface area contributed by atoms with Gasteiger partial charge in [0, 0.05) is 23.5 Å². The predicted octanol–water partition coefficient (Wildman–Crippen LogP) is 4.36. The average molecular weight is 486 g/mol. The molecule has 0 bridgehead atoms. The van der Waals surface area contributed by atoms with Crippen LogP contribution < -0.4 is 15.2 Å². The Balaban J connectivity index is 1.40. The van der Waals surface area contributed by atoms with Gasteiger partial charge in [0.1, 0.15) is 29.3 Å². The number of fused-ring (bicyclic) bond motifs is 1. The van der Waals surface area contributed by atoms with Crippen molar-refractivity contribution in [3.8, 4) is 11.5 Å². The summed E-state index contributed by atoms with van der Waals surface area (Å²) < 4.78 is 34.4. The van der Waals surface area contributed by atoms with Crippen molar-refractivity contribution in [1.82, 2.24) is 15.0 Å². The molecule has 0 unspecified atom stereocenters. The summed E-state index contributed by atoms with van der Waals surface area (Å²) in [6, 6.07) is 21.4. The van der Waals surface area contributed by atoms with E-state index >= 15 is 0 Å². The fourth-order valence-corrected chi connectivity index (χ4v) is 4.67. The summed E-state index contributed by atoms with van der Waals surface area (Å²) in [5.41, 5.74) is 7.17. The van der Waals surface area contributed by atoms with E-state index in [0.717, 1.165) is 0 Å². The first-order valence-corrected chi connectivity index (χ1v) is 12.0. The van der Waals surface area contributed by atoms with Crippen molar-refractivity contribution < 1.29 is 17.9 Å². The Labute approximate surface area is 200 Å². The number of nitrogen functional groups attached to an aromatic ring is 1. The first-order valence-electron chi connectivity index (χ1n) is 10.5. The van der Waals surface area contributed by atoms with Gasteiger partial charge in [-0.25, -0.2) is 18.4 Å². The van der Waals surface area contributed by atoms with Crippen LogP contribution in [0.1, 0.15) is 15.9 Å². The predicted molar refractivity (Wildman–Crippen MR) is 132 cm³/mol. The molecule has 0 radical (unpaired) electrons. The van der Waals surface area contributed by atoms with Crippen molar-refractivity contribution in [2.75, 3.05) is 10.5 Å². The second-order valence-corrected chi connectivity index (χ2v) is 9.27. The number of hydrogen-bond donors (Lipinski definition) is 3. The highest BCUT2D eigenvalue weighted by atomic mass is 32.2. The molecule has 35 heavy (non-hydrogen) atoms. The van der Waals surface area contributed by atoms with Gasteiger partial charge in [0.2, 0.25) is 0 Å². The van der Waals surface area contributed by atoms with Crippen LogP contribution in [0.15, 0.2) is 96.3 Å². The monoisotopic (exact) mass is 485 g/mol. The molecule has 0 aliphatic carbocycles. The highest BCUT2D eigenvalue weighted by Gasteiger charge is 2.20. The minimum atomic E-state index is -3.95. The van der Waals surface area contributed by atoms with E-state index in [1.54, 1.807) is 42.5 Å². The molecule has 10 heteroatoms. The van der Waals surface area contributed by atoms with E-state index in [0.29, 0.717) is 28.1 Å². The maximum Gasteiger partial charge on any atom is 0.262 e. The number of benzene rings is 3. The number of nitrogens with two attached hydrogens (primary N) is 1. The molecule has 4 N–H and O–H groups in total. The smallest absolute Gasteiger partial charge is 0.262 e. The number of sulfonamides is 1. The van der Waals surface area contributed by atoms with E-state index in [-0.39, 0.29) is 27.7 Å². The number of para-hydroxylation sites is 1. The number of hydrogen-bond acceptors (Lipinski definition) is 7. The number of H-pyrrole nitrogens is 1. The molecule has 0 aliphatic heterocycles. The highest BCUT2D eigenvalue weighted by molar-refractivity contribution is 7.92. The summed E-state index contributed by atoms with van der Waals surface area (Å²) in [4.78, 5) is 24.1. The zero-order valence-corrected chi connectivity index (χ0v) is 19.0. The van der Waals surface area contributed by atoms with Crippen molar-refractivity contribution in [1.29, 1.82) is 0 Å². The molecule has 0 amide bonds. The molecule has 0 atom stereocenters. The van der Waals surface area contributed by atoms with Crippen molar-refractivity contribution in [3.05, 3.63) is 103 Å². The molecule has 0 aliphatic rings. The Hall–Kier alpha value is -4.70. The second-order valence-electron chi connectivity index (χ2n) is 7.59. The molecular formula is C25H19N5O4S. The minimum Gasteiger partial charge on any atom is -0.457 e. The quantitative estimate of drug-likeness (QED) is 0.291. The SMILES string of the molecule is Nc1ncnc2[nH]cc(C(=O)c3cccc(NS(=O)(=O)c4cccc(Oc5ccccc5)c4)c3)c12. The van der Waals surface area contributed by atoms with Crippen molar-refractivity contribution >= 4 is 38.3 Å². The Kier molecular flexibility index (Phi) is 5.63. The van der Waals surface area contributed by atoms with Gasteiger partial charge in [-0.05, 0) is 36.4 Å². The number of rotatable bonds is 7. The first kappa shape index (κ1) is 22.1. The summed E-state index contributed by atoms with van der Waals surface area (Å²) in [5.74, 6) is 0.790. The number of ether oxygens (including phenoxy) is 1. The lowest BCUT2D eigenvalue weighted by atomic mass is 10.0. The molecule has 2 heterocycles. The lowest BCUT2D eigenvalue weighted by Gasteiger charge is -2.11. The first-order chi connectivity index (χ1) is 16.9. The summed E-state index contributed by atoms with van der Waals surface area (Å²) in [5, 5.41) is 0.415. The Morgan fingerprint density at radius 1 is 0.914 bits per heavy atom. The topological polar surface area (TPSA) is 140 Å². The lowest BCUT2D eigenvalue weighted by Crippen LogP contribution is -2.13. The van der Waals surface area contributed by atoms with Gasteiger partial charge in [-0.3, -0.25) is 9.52 Å². The Morgan fingerprint density at radius 3 is 2.51 bits per heavy atom. The maximum atomic E-state index is 13.2. The number of carbonyl (C=O) groups excluding carboxylic acids is 1. The van der Waals surface area contributed by atoms with Crippen LogP contribution in [0.5, 0.6) is 11.5 Å². The lowest BCUT2D eigenvalue weighted by molar-refractivity contribution is 0.104. The van der Waals surface area contributed by atoms with E-state index in [1.807, 2.05) is 18.2 Å². The van der Waals surface area contributed by atoms with Crippen LogP contribution in [0.3, 0.4) is 0 Å². The van der Waals surface area contributed by atoms with Crippen molar-refractivity contribution in [3.63, 3.8) is 0 Å². The van der Waals surface area contributed by atoms with Gasteiger partial charge in [0.25, 0.3) is 10.0 Å². The Bertz CT molecular complexity index is 1650. The molecule has 0 spiro atoms. The van der Waals surface area contributed by atoms with E-state index in [9.17, 15) is 13.2 Å². The van der Waals surface area contributed by atoms with Gasteiger partial charge in [0.15, 0.2) is 5.78 Å². The van der Waals surface area contributed by atoms with Crippen LogP contribution in [0.2, 0.25) is 0 Å². The number of nitrogens with zero attached hydrogens (tertiary/aromatic N) is 2. The average Bonchev–Trinajstić information content (AvgIpc) is 3.30. The summed E-state index contributed by atoms with van der Waals surface area (Å²) in [7, 11) is -3.95. The zero-order chi connectivity index (χ0) is 24.4. The van der Waals surface area contributed by atoms with E-state index in [1.165, 1.54) is 30.7 Å². The number of ketones is 1. The van der Waals surface area contributed by atoms with E-state index < -0.39 is 10.0 Å². The molecule has 0 fully saturated rings. The van der Waals surface area contributed by atoms with Crippen LogP contribution in [-0.2, 0) is 10.0 Å². The molecule has 9 nitrogen and oxygen atoms in total. The third-order valence-corrected chi connectivity index (χ3v) is 6.59. The number of carbonyl (C=O) groups is 1. The van der Waals surface area contributed by atoms with Crippen LogP contribution in [0, 0.1) is 0 Å². The standard InChI is InChI=1S/C25H19N5O4S/c26-24-22-21(14-27-25(22)29-15-28-24)23(31)16-6-4-7-17(12-16)30-35(32,33)20-11-5-10-19(13-20)34-18-8-2-1-3-9-18/h1-15,30H,(H3,26,27,28,29). The summed E-state index contributed by atoms with van der Waals surface area (Å²) >= 11 is 0. The molecule has 174 valence electrons. The van der Waals surface area contributed by atoms with Gasteiger partial charge in [-0.1, -0.05) is 36.4 Å². The molecular weight excluding hydrogens is 466 g/mol. The third-order valence-electron chi connectivity index (χ3n) is 5.22. The van der Waals surface area contributed by atoms with Gasteiger partial charge in [-0.15, -0.1) is 0 Å². The van der Waals surface area contributed by atoms with Gasteiger partial charge < -0.3 is 15.5 Å². The molecule has 3 aromatic carbocycles. The number of aromatic nitrogens is 3. The summed E-state index contributed by atoms with van der Waals surface area (Å²) in [6.07, 6.45) is 2.81. The summed E-state index contributed by atoms with van der Waals surface area (Å²) in [6.45, 7) is 0. The maximum absolute atomic E-state index is 13.2. The second kappa shape index (κ2) is 8.92. The van der Waals surface area contributed by atoms with Crippen LogP contribution in [0.4, 0.5) is 11.5 Å². The van der Waals surface area contributed by atoms with Crippen LogP contribution in [-0.4, -0.2) is 29.2 Å². The molecule has 5 rings (SSSR count). The van der Waals surface area contributed by atoms with Crippen molar-refractivity contribution in [2.45, 2.75) is 4.90 Å². The third kappa shape index (κ3) is 4.55. The Morgan fingerprint density at radius 2 is 1.69 bits per heavy atom. The van der Waals surface area contributed by atoms with Crippen LogP contribution >= 0.6 is 0 Å². The normalized spacial score (nSPS) is 11.3. The van der Waals surface area contributed by atoms with E-state index in [4.69, 9.17) is 10.5 Å². The van der Waals surface area contributed by atoms with Gasteiger partial charge in [-0.2, -0.15) is 0 Å². The van der Waals surface area contributed by atoms with Crippen LogP contribution in [0.25, 0.3) is 11.0 Å². The molecule has 2 aromatic heterocycles. The minimum absolute atomic E-state index is 0.0178. The van der Waals surface area contributed by atoms with Crippen molar-refractivity contribution in [2.24, 2.45) is 0 Å². The van der Waals surface area contributed by atoms with Gasteiger partial charge >= 0.3 is 0 Å².